The maximum Gasteiger partial charge on any atom is 0.0302 e. The lowest BCUT2D eigenvalue weighted by molar-refractivity contribution is 0.862. The molecule has 0 unspecified atom stereocenters. The van der Waals surface area contributed by atoms with Crippen molar-refractivity contribution in [3.8, 4) is 0 Å². The highest BCUT2D eigenvalue weighted by Crippen LogP contribution is 2.11. The van der Waals surface area contributed by atoms with Crippen LogP contribution < -0.4 is 9.75 Å². The van der Waals surface area contributed by atoms with E-state index in [1.807, 2.05) is 39.0 Å². The summed E-state index contributed by atoms with van der Waals surface area (Å²) in [6.45, 7) is 12.5. The van der Waals surface area contributed by atoms with Gasteiger partial charge in [-0.05, 0) is 34.9 Å². The van der Waals surface area contributed by atoms with Crippen molar-refractivity contribution in [2.24, 2.45) is 0 Å². The molecule has 1 aliphatic carbocycles. The van der Waals surface area contributed by atoms with E-state index in [2.05, 4.69) is 31.4 Å². The Kier molecular flexibility index (Phi) is 8.28. The molecule has 1 aromatic rings. The number of thiophene rings is 1. The minimum atomic E-state index is 0.674. The fourth-order valence-corrected chi connectivity index (χ4v) is 2.86. The van der Waals surface area contributed by atoms with Gasteiger partial charge in [-0.25, -0.2) is 0 Å². The zero-order chi connectivity index (χ0) is 12.6. The minimum absolute atomic E-state index is 0.674. The SMILES string of the molecule is CC.CC.CC(C)c1csc2c1=CCCC=2. The first kappa shape index (κ1) is 15.4. The van der Waals surface area contributed by atoms with Gasteiger partial charge in [0.2, 0.25) is 0 Å². The lowest BCUT2D eigenvalue weighted by Gasteiger charge is -2.02. The monoisotopic (exact) mass is 238 g/mol. The second-order valence-electron chi connectivity index (χ2n) is 3.61. The van der Waals surface area contributed by atoms with Crippen LogP contribution in [0.2, 0.25) is 0 Å². The number of hydrogen-bond donors (Lipinski definition) is 0. The maximum absolute atomic E-state index is 2.39. The molecule has 0 radical (unpaired) electrons. The highest BCUT2D eigenvalue weighted by atomic mass is 32.1. The van der Waals surface area contributed by atoms with Gasteiger partial charge in [-0.3, -0.25) is 0 Å². The van der Waals surface area contributed by atoms with Crippen LogP contribution in [0.5, 0.6) is 0 Å². The normalized spacial score (nSPS) is 12.2. The molecule has 0 aliphatic heterocycles. The quantitative estimate of drug-likeness (QED) is 0.685. The van der Waals surface area contributed by atoms with Gasteiger partial charge in [-0.1, -0.05) is 53.7 Å². The molecule has 92 valence electrons. The van der Waals surface area contributed by atoms with Crippen molar-refractivity contribution in [3.05, 3.63) is 20.7 Å². The smallest absolute Gasteiger partial charge is 0.0302 e. The van der Waals surface area contributed by atoms with E-state index in [1.54, 1.807) is 0 Å². The van der Waals surface area contributed by atoms with E-state index in [-0.39, 0.29) is 0 Å². The van der Waals surface area contributed by atoms with Crippen molar-refractivity contribution < 1.29 is 0 Å². The van der Waals surface area contributed by atoms with Crippen LogP contribution in [0.3, 0.4) is 0 Å². The number of fused-ring (bicyclic) bond motifs is 1. The van der Waals surface area contributed by atoms with Crippen molar-refractivity contribution >= 4 is 23.5 Å². The predicted octanol–water partition coefficient (Wildman–Crippen LogP) is 4.28. The molecule has 0 saturated heterocycles. The first-order chi connectivity index (χ1) is 7.79. The van der Waals surface area contributed by atoms with Crippen LogP contribution in [-0.4, -0.2) is 0 Å². The molecule has 0 amide bonds. The van der Waals surface area contributed by atoms with Gasteiger partial charge in [0, 0.05) is 4.53 Å². The predicted molar refractivity (Wildman–Crippen MR) is 78.5 cm³/mol. The fourth-order valence-electron chi connectivity index (χ4n) is 1.66. The summed E-state index contributed by atoms with van der Waals surface area (Å²) >= 11 is 1.89. The summed E-state index contributed by atoms with van der Waals surface area (Å²) in [5.74, 6) is 0.674. The molecule has 1 aliphatic rings. The Labute approximate surface area is 105 Å². The van der Waals surface area contributed by atoms with Gasteiger partial charge in [0.1, 0.15) is 0 Å². The van der Waals surface area contributed by atoms with E-state index in [0.29, 0.717) is 5.92 Å². The topological polar surface area (TPSA) is 0 Å². The first-order valence-corrected chi connectivity index (χ1v) is 7.45. The van der Waals surface area contributed by atoms with Gasteiger partial charge in [-0.2, -0.15) is 0 Å². The molecule has 0 fully saturated rings. The van der Waals surface area contributed by atoms with E-state index in [1.165, 1.54) is 28.2 Å². The minimum Gasteiger partial charge on any atom is -0.144 e. The second kappa shape index (κ2) is 8.58. The molecule has 0 nitrogen and oxygen atoms in total. The highest BCUT2D eigenvalue weighted by molar-refractivity contribution is 7.07. The van der Waals surface area contributed by atoms with Crippen LogP contribution in [-0.2, 0) is 0 Å². The molecular weight excluding hydrogens is 212 g/mol. The molecule has 0 bridgehead atoms. The van der Waals surface area contributed by atoms with Gasteiger partial charge >= 0.3 is 0 Å². The van der Waals surface area contributed by atoms with E-state index in [9.17, 15) is 0 Å². The van der Waals surface area contributed by atoms with Crippen LogP contribution in [0.25, 0.3) is 12.2 Å². The third-order valence-corrected chi connectivity index (χ3v) is 3.37. The van der Waals surface area contributed by atoms with Crippen molar-refractivity contribution in [1.82, 2.24) is 0 Å². The van der Waals surface area contributed by atoms with E-state index in [0.717, 1.165) is 0 Å². The van der Waals surface area contributed by atoms with Crippen molar-refractivity contribution in [2.45, 2.75) is 60.3 Å². The summed E-state index contributed by atoms with van der Waals surface area (Å²) in [6.07, 6.45) is 7.21. The molecule has 0 atom stereocenters. The third kappa shape index (κ3) is 3.79. The lowest BCUT2D eigenvalue weighted by atomic mass is 10.0. The Morgan fingerprint density at radius 2 is 1.56 bits per heavy atom. The van der Waals surface area contributed by atoms with Crippen LogP contribution in [0.1, 0.15) is 65.9 Å². The lowest BCUT2D eigenvalue weighted by Crippen LogP contribution is -2.24. The van der Waals surface area contributed by atoms with Crippen LogP contribution in [0, 0.1) is 0 Å². The molecule has 2 rings (SSSR count). The Hall–Kier alpha value is -0.560. The molecule has 0 spiro atoms. The highest BCUT2D eigenvalue weighted by Gasteiger charge is 2.05. The number of hydrogen-bond acceptors (Lipinski definition) is 1. The summed E-state index contributed by atoms with van der Waals surface area (Å²) in [7, 11) is 0. The average molecular weight is 238 g/mol. The summed E-state index contributed by atoms with van der Waals surface area (Å²) in [6, 6.07) is 0. The van der Waals surface area contributed by atoms with Crippen LogP contribution >= 0.6 is 11.3 Å². The molecule has 1 heterocycles. The maximum atomic E-state index is 2.39. The molecule has 0 saturated carbocycles. The molecule has 16 heavy (non-hydrogen) atoms. The average Bonchev–Trinajstić information content (AvgIpc) is 2.78. The Balaban J connectivity index is 0.000000509. The Morgan fingerprint density at radius 1 is 1.00 bits per heavy atom. The summed E-state index contributed by atoms with van der Waals surface area (Å²) in [5, 5.41) is 3.83. The summed E-state index contributed by atoms with van der Waals surface area (Å²) in [5.41, 5.74) is 1.53. The molecule has 1 aromatic heterocycles. The van der Waals surface area contributed by atoms with Gasteiger partial charge in [0.15, 0.2) is 0 Å². The van der Waals surface area contributed by atoms with E-state index < -0.39 is 0 Å². The van der Waals surface area contributed by atoms with Crippen molar-refractivity contribution in [1.29, 1.82) is 0 Å². The molecular formula is C15H26S. The van der Waals surface area contributed by atoms with Gasteiger partial charge in [-0.15, -0.1) is 11.3 Å². The largest absolute Gasteiger partial charge is 0.144 e. The van der Waals surface area contributed by atoms with Crippen LogP contribution in [0.4, 0.5) is 0 Å². The summed E-state index contributed by atoms with van der Waals surface area (Å²) in [4.78, 5) is 0. The molecule has 0 N–H and O–H groups in total. The van der Waals surface area contributed by atoms with Crippen molar-refractivity contribution in [2.75, 3.05) is 0 Å². The van der Waals surface area contributed by atoms with E-state index >= 15 is 0 Å². The zero-order valence-corrected chi connectivity index (χ0v) is 12.4. The Bertz CT molecular complexity index is 382. The van der Waals surface area contributed by atoms with Gasteiger partial charge in [0.05, 0.1) is 0 Å². The summed E-state index contributed by atoms with van der Waals surface area (Å²) < 4.78 is 1.49. The zero-order valence-electron chi connectivity index (χ0n) is 11.6. The molecule has 0 aromatic carbocycles. The third-order valence-electron chi connectivity index (χ3n) is 2.36. The van der Waals surface area contributed by atoms with Crippen LogP contribution in [0.15, 0.2) is 5.38 Å². The molecule has 1 heteroatoms. The van der Waals surface area contributed by atoms with Gasteiger partial charge in [0.25, 0.3) is 0 Å². The second-order valence-corrected chi connectivity index (χ2v) is 4.52. The Morgan fingerprint density at radius 3 is 2.12 bits per heavy atom. The van der Waals surface area contributed by atoms with Crippen molar-refractivity contribution in [3.63, 3.8) is 0 Å². The first-order valence-electron chi connectivity index (χ1n) is 6.57. The van der Waals surface area contributed by atoms with Gasteiger partial charge < -0.3 is 0 Å². The van der Waals surface area contributed by atoms with E-state index in [4.69, 9.17) is 0 Å². The number of rotatable bonds is 1. The fraction of sp³-hybridized carbons (Fsp3) is 0.600. The standard InChI is InChI=1S/C11H14S.2C2H6/c1-8(2)10-7-12-11-6-4-3-5-9(10)11;2*1-2/h5-8H,3-4H2,1-2H3;2*1-2H3.